The quantitative estimate of drug-likeness (QED) is 0.585. The molecule has 2 unspecified atom stereocenters. The van der Waals surface area contributed by atoms with Gasteiger partial charge in [0.05, 0.1) is 12.2 Å². The summed E-state index contributed by atoms with van der Waals surface area (Å²) in [6.07, 6.45) is 2.81. The first-order valence-corrected chi connectivity index (χ1v) is 7.32. The van der Waals surface area contributed by atoms with Gasteiger partial charge in [-0.3, -0.25) is 4.79 Å². The van der Waals surface area contributed by atoms with Crippen LogP contribution in [0, 0.1) is 11.3 Å². The summed E-state index contributed by atoms with van der Waals surface area (Å²) in [5, 5.41) is 28.8. The smallest absolute Gasteiger partial charge is 0.261 e. The molecule has 0 aromatic heterocycles. The Morgan fingerprint density at radius 1 is 1.23 bits per heavy atom. The van der Waals surface area contributed by atoms with Crippen molar-refractivity contribution in [3.63, 3.8) is 0 Å². The topological polar surface area (TPSA) is 93.4 Å². The van der Waals surface area contributed by atoms with Gasteiger partial charge < -0.3 is 15.5 Å². The summed E-state index contributed by atoms with van der Waals surface area (Å²) in [4.78, 5) is 11.1. The summed E-state index contributed by atoms with van der Waals surface area (Å²) in [7, 11) is 0. The number of hydrogen-bond donors (Lipinski definition) is 3. The second kappa shape index (κ2) is 9.72. The summed E-state index contributed by atoms with van der Waals surface area (Å²) >= 11 is 0. The van der Waals surface area contributed by atoms with Gasteiger partial charge in [0.2, 0.25) is 0 Å². The molecular weight excluding hydrogens is 280 g/mol. The Morgan fingerprint density at radius 2 is 1.77 bits per heavy atom. The molecule has 1 fully saturated rings. The molecule has 5 heteroatoms. The maximum absolute atomic E-state index is 11.1. The van der Waals surface area contributed by atoms with Crippen molar-refractivity contribution in [3.05, 3.63) is 48.0 Å². The van der Waals surface area contributed by atoms with Crippen molar-refractivity contribution < 1.29 is 15.0 Å². The molecule has 0 bridgehead atoms. The minimum atomic E-state index is -0.441. The van der Waals surface area contributed by atoms with Crippen molar-refractivity contribution in [3.8, 4) is 6.07 Å². The number of hydrogen-bond acceptors (Lipinski definition) is 4. The number of rotatable bonds is 3. The predicted molar refractivity (Wildman–Crippen MR) is 83.5 cm³/mol. The van der Waals surface area contributed by atoms with E-state index in [9.17, 15) is 4.79 Å². The first-order valence-electron chi connectivity index (χ1n) is 7.32. The van der Waals surface area contributed by atoms with Crippen molar-refractivity contribution in [2.24, 2.45) is 0 Å². The summed E-state index contributed by atoms with van der Waals surface area (Å²) < 4.78 is 0. The molecule has 1 aliphatic carbocycles. The second-order valence-corrected chi connectivity index (χ2v) is 5.18. The van der Waals surface area contributed by atoms with Crippen molar-refractivity contribution in [1.29, 1.82) is 5.26 Å². The average molecular weight is 302 g/mol. The van der Waals surface area contributed by atoms with Gasteiger partial charge in [-0.2, -0.15) is 5.26 Å². The number of nitrogens with zero attached hydrogens (tertiary/aromatic N) is 1. The Bertz CT molecular complexity index is 512. The molecule has 0 spiro atoms. The average Bonchev–Trinajstić information content (AvgIpc) is 2.56. The number of aliphatic hydroxyl groups is 2. The number of benzene rings is 1. The number of carbonyl (C=O) groups excluding carboxylic acids is 1. The van der Waals surface area contributed by atoms with Crippen molar-refractivity contribution in [1.82, 2.24) is 5.32 Å². The van der Waals surface area contributed by atoms with Crippen LogP contribution in [0.3, 0.4) is 0 Å². The SMILES string of the molecule is C=C(C#N)C(=O)NCc1ccccc1.OC1CCCCC1O. The first-order chi connectivity index (χ1) is 10.5. The third-order valence-electron chi connectivity index (χ3n) is 3.40. The lowest BCUT2D eigenvalue weighted by molar-refractivity contribution is -0.117. The van der Waals surface area contributed by atoms with Crippen LogP contribution in [0.25, 0.3) is 0 Å². The van der Waals surface area contributed by atoms with E-state index in [1.165, 1.54) is 0 Å². The Labute approximate surface area is 130 Å². The molecule has 0 radical (unpaired) electrons. The summed E-state index contributed by atoms with van der Waals surface area (Å²) in [6, 6.07) is 11.2. The maximum atomic E-state index is 11.1. The summed E-state index contributed by atoms with van der Waals surface area (Å²) in [5.41, 5.74) is 0.924. The lowest BCUT2D eigenvalue weighted by Crippen LogP contribution is -2.28. The van der Waals surface area contributed by atoms with Crippen molar-refractivity contribution in [2.45, 2.75) is 44.4 Å². The van der Waals surface area contributed by atoms with E-state index in [-0.39, 0.29) is 5.57 Å². The second-order valence-electron chi connectivity index (χ2n) is 5.18. The Hall–Kier alpha value is -2.16. The Balaban J connectivity index is 0.000000255. The Kier molecular flexibility index (Phi) is 7.90. The van der Waals surface area contributed by atoms with E-state index >= 15 is 0 Å². The third kappa shape index (κ3) is 6.53. The number of aliphatic hydroxyl groups excluding tert-OH is 2. The van der Waals surface area contributed by atoms with Crippen LogP contribution < -0.4 is 5.32 Å². The van der Waals surface area contributed by atoms with E-state index in [4.69, 9.17) is 15.5 Å². The molecule has 5 nitrogen and oxygen atoms in total. The molecule has 0 aliphatic heterocycles. The van der Waals surface area contributed by atoms with E-state index in [0.717, 1.165) is 31.2 Å². The molecule has 1 aromatic carbocycles. The number of nitrogens with one attached hydrogen (secondary N) is 1. The lowest BCUT2D eigenvalue weighted by atomic mass is 9.95. The van der Waals surface area contributed by atoms with Gasteiger partial charge in [-0.1, -0.05) is 49.8 Å². The van der Waals surface area contributed by atoms with Gasteiger partial charge in [-0.25, -0.2) is 0 Å². The Morgan fingerprint density at radius 3 is 2.23 bits per heavy atom. The molecule has 118 valence electrons. The monoisotopic (exact) mass is 302 g/mol. The van der Waals surface area contributed by atoms with Crippen LogP contribution in [0.5, 0.6) is 0 Å². The highest BCUT2D eigenvalue weighted by Gasteiger charge is 2.19. The molecule has 1 aromatic rings. The zero-order valence-corrected chi connectivity index (χ0v) is 12.5. The minimum absolute atomic E-state index is 0.0686. The first kappa shape index (κ1) is 17.9. The minimum Gasteiger partial charge on any atom is -0.390 e. The van der Waals surface area contributed by atoms with Gasteiger partial charge in [0.15, 0.2) is 0 Å². The standard InChI is InChI=1S/C11H10N2O.C6H12O2/c1-9(7-12)11(14)13-8-10-5-3-2-4-6-10;7-5-3-1-2-4-6(5)8/h2-6H,1,8H2,(H,13,14);5-8H,1-4H2. The van der Waals surface area contributed by atoms with Gasteiger partial charge >= 0.3 is 0 Å². The van der Waals surface area contributed by atoms with Crippen LogP contribution in [0.2, 0.25) is 0 Å². The zero-order chi connectivity index (χ0) is 16.4. The molecule has 2 rings (SSSR count). The summed E-state index contributed by atoms with van der Waals surface area (Å²) in [5.74, 6) is -0.420. The van der Waals surface area contributed by atoms with Crippen molar-refractivity contribution in [2.75, 3.05) is 0 Å². The summed E-state index contributed by atoms with van der Waals surface area (Å²) in [6.45, 7) is 3.73. The van der Waals surface area contributed by atoms with Gasteiger partial charge in [0.1, 0.15) is 11.6 Å². The molecule has 0 saturated heterocycles. The van der Waals surface area contributed by atoms with Crippen LogP contribution >= 0.6 is 0 Å². The predicted octanol–water partition coefficient (Wildman–Crippen LogP) is 1.66. The van der Waals surface area contributed by atoms with E-state index in [2.05, 4.69) is 11.9 Å². The zero-order valence-electron chi connectivity index (χ0n) is 12.5. The largest absolute Gasteiger partial charge is 0.390 e. The highest BCUT2D eigenvalue weighted by Crippen LogP contribution is 2.17. The molecule has 2 atom stereocenters. The van der Waals surface area contributed by atoms with E-state index in [0.29, 0.717) is 6.54 Å². The highest BCUT2D eigenvalue weighted by molar-refractivity contribution is 5.96. The van der Waals surface area contributed by atoms with Crippen LogP contribution in [-0.2, 0) is 11.3 Å². The van der Waals surface area contributed by atoms with Gasteiger partial charge in [-0.15, -0.1) is 0 Å². The fourth-order valence-corrected chi connectivity index (χ4v) is 2.03. The van der Waals surface area contributed by atoms with Gasteiger partial charge in [-0.05, 0) is 18.4 Å². The van der Waals surface area contributed by atoms with Crippen molar-refractivity contribution >= 4 is 5.91 Å². The van der Waals surface area contributed by atoms with E-state index in [1.54, 1.807) is 6.07 Å². The molecule has 3 N–H and O–H groups in total. The van der Waals surface area contributed by atoms with Crippen LogP contribution in [-0.4, -0.2) is 28.3 Å². The van der Waals surface area contributed by atoms with Gasteiger partial charge in [0.25, 0.3) is 5.91 Å². The third-order valence-corrected chi connectivity index (χ3v) is 3.40. The number of amides is 1. The molecular formula is C17H22N2O3. The number of carbonyl (C=O) groups is 1. The molecule has 1 aliphatic rings. The lowest BCUT2D eigenvalue weighted by Gasteiger charge is -2.22. The maximum Gasteiger partial charge on any atom is 0.261 e. The van der Waals surface area contributed by atoms with Gasteiger partial charge in [0, 0.05) is 6.54 Å². The normalized spacial score (nSPS) is 20.0. The molecule has 1 saturated carbocycles. The van der Waals surface area contributed by atoms with Crippen LogP contribution in [0.1, 0.15) is 31.2 Å². The number of nitriles is 1. The molecule has 22 heavy (non-hydrogen) atoms. The highest BCUT2D eigenvalue weighted by atomic mass is 16.3. The van der Waals surface area contributed by atoms with E-state index < -0.39 is 18.1 Å². The molecule has 0 heterocycles. The fraction of sp³-hybridized carbons (Fsp3) is 0.412. The van der Waals surface area contributed by atoms with E-state index in [1.807, 2.05) is 30.3 Å². The van der Waals surface area contributed by atoms with Crippen LogP contribution in [0.15, 0.2) is 42.5 Å². The molecule has 1 amide bonds. The fourth-order valence-electron chi connectivity index (χ4n) is 2.03. The van der Waals surface area contributed by atoms with Crippen LogP contribution in [0.4, 0.5) is 0 Å².